The van der Waals surface area contributed by atoms with Gasteiger partial charge in [-0.25, -0.2) is 0 Å². The summed E-state index contributed by atoms with van der Waals surface area (Å²) in [5, 5.41) is 12.1. The zero-order valence-electron chi connectivity index (χ0n) is 15.2. The molecule has 0 aromatic heterocycles. The van der Waals surface area contributed by atoms with Crippen molar-refractivity contribution in [2.45, 2.75) is 6.92 Å². The number of nitriles is 1. The van der Waals surface area contributed by atoms with Gasteiger partial charge in [0, 0.05) is 15.7 Å². The molecule has 140 valence electrons. The fraction of sp³-hybridized carbons (Fsp3) is 0.200. The quantitative estimate of drug-likeness (QED) is 0.519. The third-order valence-electron chi connectivity index (χ3n) is 3.56. The van der Waals surface area contributed by atoms with Crippen LogP contribution in [0.1, 0.15) is 12.5 Å². The third-order valence-corrected chi connectivity index (χ3v) is 4.02. The van der Waals surface area contributed by atoms with Crippen LogP contribution < -0.4 is 19.5 Å². The Hall–Kier alpha value is -2.98. The number of rotatable bonds is 7. The minimum absolute atomic E-state index is 0.0673. The van der Waals surface area contributed by atoms with Gasteiger partial charge in [-0.2, -0.15) is 5.26 Å². The average Bonchev–Trinajstić information content (AvgIpc) is 2.67. The highest BCUT2D eigenvalue weighted by molar-refractivity contribution is 9.10. The molecule has 2 aromatic rings. The molecule has 7 heteroatoms. The van der Waals surface area contributed by atoms with E-state index in [1.165, 1.54) is 20.3 Å². The third kappa shape index (κ3) is 5.25. The van der Waals surface area contributed by atoms with Gasteiger partial charge in [-0.05, 0) is 49.4 Å². The van der Waals surface area contributed by atoms with Crippen molar-refractivity contribution >= 4 is 33.6 Å². The Kier molecular flexibility index (Phi) is 7.26. The Balaban J connectivity index is 2.29. The molecule has 1 N–H and O–H groups in total. The molecular weight excluding hydrogens is 412 g/mol. The maximum absolute atomic E-state index is 12.5. The van der Waals surface area contributed by atoms with Crippen LogP contribution in [0.15, 0.2) is 46.4 Å². The van der Waals surface area contributed by atoms with E-state index in [0.717, 1.165) is 4.47 Å². The number of amides is 1. The largest absolute Gasteiger partial charge is 0.494 e. The smallest absolute Gasteiger partial charge is 0.266 e. The number of hydrogen-bond donors (Lipinski definition) is 1. The van der Waals surface area contributed by atoms with Gasteiger partial charge in [0.25, 0.3) is 5.91 Å². The normalized spacial score (nSPS) is 10.7. The van der Waals surface area contributed by atoms with Crippen molar-refractivity contribution in [1.29, 1.82) is 5.26 Å². The molecule has 0 atom stereocenters. The van der Waals surface area contributed by atoms with Crippen LogP contribution in [0.2, 0.25) is 0 Å². The molecule has 0 heterocycles. The van der Waals surface area contributed by atoms with E-state index >= 15 is 0 Å². The summed E-state index contributed by atoms with van der Waals surface area (Å²) < 4.78 is 16.7. The van der Waals surface area contributed by atoms with Crippen molar-refractivity contribution in [3.05, 3.63) is 52.0 Å². The second-order valence-electron chi connectivity index (χ2n) is 5.31. The standard InChI is InChI=1S/C20H19BrN2O4/c1-4-27-17-7-5-16(6-8-17)23-20(24)14(12-22)9-13-10-15(21)11-18(25-2)19(13)26-3/h5-11H,4H2,1-3H3,(H,23,24)/b14-9-. The van der Waals surface area contributed by atoms with Crippen molar-refractivity contribution in [2.75, 3.05) is 26.1 Å². The van der Waals surface area contributed by atoms with Crippen LogP contribution in [-0.2, 0) is 4.79 Å². The lowest BCUT2D eigenvalue weighted by Gasteiger charge is -2.12. The Bertz CT molecular complexity index is 886. The lowest BCUT2D eigenvalue weighted by Crippen LogP contribution is -2.13. The second-order valence-corrected chi connectivity index (χ2v) is 6.23. The first-order chi connectivity index (χ1) is 13.0. The molecule has 0 fully saturated rings. The number of ether oxygens (including phenoxy) is 3. The average molecular weight is 431 g/mol. The Morgan fingerprint density at radius 3 is 2.48 bits per heavy atom. The molecule has 2 rings (SSSR count). The van der Waals surface area contributed by atoms with Crippen LogP contribution in [0.5, 0.6) is 17.2 Å². The zero-order valence-corrected chi connectivity index (χ0v) is 16.8. The molecule has 6 nitrogen and oxygen atoms in total. The van der Waals surface area contributed by atoms with Gasteiger partial charge in [0.2, 0.25) is 0 Å². The number of anilines is 1. The lowest BCUT2D eigenvalue weighted by atomic mass is 10.1. The van der Waals surface area contributed by atoms with E-state index < -0.39 is 5.91 Å². The van der Waals surface area contributed by atoms with Crippen LogP contribution >= 0.6 is 15.9 Å². The summed E-state index contributed by atoms with van der Waals surface area (Å²) in [5.41, 5.74) is 1.04. The monoisotopic (exact) mass is 430 g/mol. The summed E-state index contributed by atoms with van der Waals surface area (Å²) in [5.74, 6) is 1.10. The summed E-state index contributed by atoms with van der Waals surface area (Å²) in [6.07, 6.45) is 1.45. The van der Waals surface area contributed by atoms with Gasteiger partial charge < -0.3 is 19.5 Å². The predicted molar refractivity (Wildman–Crippen MR) is 107 cm³/mol. The van der Waals surface area contributed by atoms with Crippen molar-refractivity contribution < 1.29 is 19.0 Å². The second kappa shape index (κ2) is 9.64. The van der Waals surface area contributed by atoms with E-state index in [2.05, 4.69) is 21.2 Å². The number of carbonyl (C=O) groups is 1. The first-order valence-electron chi connectivity index (χ1n) is 8.09. The molecule has 1 amide bonds. The molecule has 0 saturated carbocycles. The molecule has 0 unspecified atom stereocenters. The summed E-state index contributed by atoms with van der Waals surface area (Å²) in [6.45, 7) is 2.45. The number of benzene rings is 2. The molecule has 0 aliphatic carbocycles. The van der Waals surface area contributed by atoms with Crippen LogP contribution in [0.4, 0.5) is 5.69 Å². The molecule has 0 radical (unpaired) electrons. The van der Waals surface area contributed by atoms with E-state index in [1.807, 2.05) is 13.0 Å². The maximum Gasteiger partial charge on any atom is 0.266 e. The highest BCUT2D eigenvalue weighted by Gasteiger charge is 2.15. The molecule has 0 bridgehead atoms. The number of hydrogen-bond acceptors (Lipinski definition) is 5. The molecule has 0 saturated heterocycles. The van der Waals surface area contributed by atoms with Gasteiger partial charge >= 0.3 is 0 Å². The molecule has 0 spiro atoms. The van der Waals surface area contributed by atoms with Gasteiger partial charge in [-0.15, -0.1) is 0 Å². The van der Waals surface area contributed by atoms with Gasteiger partial charge in [-0.1, -0.05) is 15.9 Å². The number of halogens is 1. The maximum atomic E-state index is 12.5. The molecular formula is C20H19BrN2O4. The Morgan fingerprint density at radius 2 is 1.93 bits per heavy atom. The van der Waals surface area contributed by atoms with Gasteiger partial charge in [0.1, 0.15) is 17.4 Å². The Morgan fingerprint density at radius 1 is 1.22 bits per heavy atom. The highest BCUT2D eigenvalue weighted by Crippen LogP contribution is 2.36. The minimum Gasteiger partial charge on any atom is -0.494 e. The summed E-state index contributed by atoms with van der Waals surface area (Å²) in [4.78, 5) is 12.5. The number of carbonyl (C=O) groups excluding carboxylic acids is 1. The van der Waals surface area contributed by atoms with E-state index in [-0.39, 0.29) is 5.57 Å². The van der Waals surface area contributed by atoms with Gasteiger partial charge in [-0.3, -0.25) is 4.79 Å². The minimum atomic E-state index is -0.525. The van der Waals surface area contributed by atoms with Crippen LogP contribution in [0.25, 0.3) is 6.08 Å². The zero-order chi connectivity index (χ0) is 19.8. The van der Waals surface area contributed by atoms with E-state index in [0.29, 0.717) is 35.1 Å². The molecule has 0 aliphatic heterocycles. The van der Waals surface area contributed by atoms with Crippen molar-refractivity contribution in [2.24, 2.45) is 0 Å². The van der Waals surface area contributed by atoms with E-state index in [1.54, 1.807) is 36.4 Å². The SMILES string of the molecule is CCOc1ccc(NC(=O)/C(C#N)=C\c2cc(Br)cc(OC)c2OC)cc1. The van der Waals surface area contributed by atoms with Crippen molar-refractivity contribution in [3.8, 4) is 23.3 Å². The topological polar surface area (TPSA) is 80.6 Å². The Labute approximate surface area is 166 Å². The molecule has 2 aromatic carbocycles. The lowest BCUT2D eigenvalue weighted by molar-refractivity contribution is -0.112. The van der Waals surface area contributed by atoms with Crippen LogP contribution in [-0.4, -0.2) is 26.7 Å². The van der Waals surface area contributed by atoms with Crippen LogP contribution in [0.3, 0.4) is 0 Å². The summed E-state index contributed by atoms with van der Waals surface area (Å²) in [6, 6.07) is 12.3. The molecule has 0 aliphatic rings. The first-order valence-corrected chi connectivity index (χ1v) is 8.89. The molecule has 27 heavy (non-hydrogen) atoms. The fourth-order valence-electron chi connectivity index (χ4n) is 2.37. The number of nitrogens with zero attached hydrogens (tertiary/aromatic N) is 1. The van der Waals surface area contributed by atoms with Crippen LogP contribution in [0, 0.1) is 11.3 Å². The van der Waals surface area contributed by atoms with Gasteiger partial charge in [0.05, 0.1) is 20.8 Å². The van der Waals surface area contributed by atoms with Crippen molar-refractivity contribution in [3.63, 3.8) is 0 Å². The predicted octanol–water partition coefficient (Wildman–Crippen LogP) is 4.41. The summed E-state index contributed by atoms with van der Waals surface area (Å²) >= 11 is 3.38. The highest BCUT2D eigenvalue weighted by atomic mass is 79.9. The first kappa shape index (κ1) is 20.3. The number of methoxy groups -OCH3 is 2. The number of nitrogens with one attached hydrogen (secondary N) is 1. The van der Waals surface area contributed by atoms with Crippen molar-refractivity contribution in [1.82, 2.24) is 0 Å². The van der Waals surface area contributed by atoms with E-state index in [4.69, 9.17) is 14.2 Å². The summed E-state index contributed by atoms with van der Waals surface area (Å²) in [7, 11) is 3.01. The van der Waals surface area contributed by atoms with Gasteiger partial charge in [0.15, 0.2) is 11.5 Å². The fourth-order valence-corrected chi connectivity index (χ4v) is 2.82. The van der Waals surface area contributed by atoms with E-state index in [9.17, 15) is 10.1 Å².